The minimum absolute atomic E-state index is 0.133. The molecule has 3 unspecified atom stereocenters. The van der Waals surface area contributed by atoms with Crippen LogP contribution >= 0.6 is 0 Å². The fourth-order valence-electron chi connectivity index (χ4n) is 2.68. The van der Waals surface area contributed by atoms with Crippen LogP contribution in [-0.4, -0.2) is 36.9 Å². The molecule has 1 aliphatic carbocycles. The lowest BCUT2D eigenvalue weighted by Gasteiger charge is -2.28. The number of aliphatic carboxylic acids is 1. The molecule has 16 heavy (non-hydrogen) atoms. The Hall–Kier alpha value is -0.610. The third-order valence-electron chi connectivity index (χ3n) is 3.74. The average molecular weight is 227 g/mol. The molecule has 2 aliphatic rings. The van der Waals surface area contributed by atoms with Crippen molar-refractivity contribution in [2.75, 3.05) is 19.8 Å². The van der Waals surface area contributed by atoms with Gasteiger partial charge in [0.25, 0.3) is 0 Å². The number of rotatable bonds is 4. The first-order valence-corrected chi connectivity index (χ1v) is 6.29. The molecule has 2 N–H and O–H groups in total. The van der Waals surface area contributed by atoms with E-state index in [4.69, 9.17) is 9.84 Å². The molecular weight excluding hydrogens is 206 g/mol. The molecule has 1 aliphatic heterocycles. The number of hydrogen-bond acceptors (Lipinski definition) is 3. The van der Waals surface area contributed by atoms with Gasteiger partial charge >= 0.3 is 5.97 Å². The minimum atomic E-state index is -0.629. The minimum Gasteiger partial charge on any atom is -0.481 e. The summed E-state index contributed by atoms with van der Waals surface area (Å²) < 4.78 is 5.32. The monoisotopic (exact) mass is 227 g/mol. The highest BCUT2D eigenvalue weighted by molar-refractivity contribution is 5.70. The number of ether oxygens (including phenoxy) is 1. The third kappa shape index (κ3) is 3.19. The van der Waals surface area contributed by atoms with Crippen LogP contribution in [0.25, 0.3) is 0 Å². The lowest BCUT2D eigenvalue weighted by atomic mass is 9.85. The molecule has 4 nitrogen and oxygen atoms in total. The van der Waals surface area contributed by atoms with Gasteiger partial charge in [-0.25, -0.2) is 0 Å². The van der Waals surface area contributed by atoms with Crippen LogP contribution in [0.3, 0.4) is 0 Å². The van der Waals surface area contributed by atoms with Crippen molar-refractivity contribution in [2.24, 2.45) is 11.8 Å². The summed E-state index contributed by atoms with van der Waals surface area (Å²) in [6.07, 6.45) is 4.94. The van der Waals surface area contributed by atoms with Crippen LogP contribution in [0.1, 0.15) is 32.1 Å². The number of carboxylic acid groups (broad SMARTS) is 1. The smallest absolute Gasteiger partial charge is 0.306 e. The van der Waals surface area contributed by atoms with Crippen LogP contribution in [0, 0.1) is 11.8 Å². The van der Waals surface area contributed by atoms with E-state index in [2.05, 4.69) is 5.32 Å². The van der Waals surface area contributed by atoms with E-state index in [0.29, 0.717) is 12.0 Å². The predicted molar refractivity (Wildman–Crippen MR) is 60.3 cm³/mol. The molecule has 0 amide bonds. The van der Waals surface area contributed by atoms with Gasteiger partial charge in [0.15, 0.2) is 0 Å². The van der Waals surface area contributed by atoms with Crippen molar-refractivity contribution in [3.63, 3.8) is 0 Å². The van der Waals surface area contributed by atoms with Crippen molar-refractivity contribution in [1.29, 1.82) is 0 Å². The van der Waals surface area contributed by atoms with Crippen molar-refractivity contribution < 1.29 is 14.6 Å². The molecule has 4 heteroatoms. The summed E-state index contributed by atoms with van der Waals surface area (Å²) in [6.45, 7) is 2.73. The van der Waals surface area contributed by atoms with Gasteiger partial charge in [-0.2, -0.15) is 0 Å². The second-order valence-electron chi connectivity index (χ2n) is 5.04. The number of hydrogen-bond donors (Lipinski definition) is 2. The molecule has 2 fully saturated rings. The van der Waals surface area contributed by atoms with E-state index in [1.165, 1.54) is 0 Å². The molecule has 0 radical (unpaired) electrons. The Labute approximate surface area is 96.4 Å². The van der Waals surface area contributed by atoms with Crippen molar-refractivity contribution in [3.8, 4) is 0 Å². The van der Waals surface area contributed by atoms with E-state index in [1.54, 1.807) is 0 Å². The summed E-state index contributed by atoms with van der Waals surface area (Å²) in [5.74, 6) is -0.132. The zero-order valence-corrected chi connectivity index (χ0v) is 9.65. The van der Waals surface area contributed by atoms with E-state index < -0.39 is 5.97 Å². The highest BCUT2D eigenvalue weighted by Gasteiger charge is 2.27. The van der Waals surface area contributed by atoms with Crippen LogP contribution in [0.2, 0.25) is 0 Å². The van der Waals surface area contributed by atoms with Gasteiger partial charge in [0.2, 0.25) is 0 Å². The van der Waals surface area contributed by atoms with Crippen molar-refractivity contribution in [3.05, 3.63) is 0 Å². The van der Waals surface area contributed by atoms with Gasteiger partial charge < -0.3 is 15.2 Å². The molecule has 0 bridgehead atoms. The highest BCUT2D eigenvalue weighted by Crippen LogP contribution is 2.24. The van der Waals surface area contributed by atoms with E-state index in [0.717, 1.165) is 51.9 Å². The summed E-state index contributed by atoms with van der Waals surface area (Å²) in [7, 11) is 0. The molecule has 2 rings (SSSR count). The molecule has 3 atom stereocenters. The molecule has 1 saturated heterocycles. The van der Waals surface area contributed by atoms with Gasteiger partial charge in [0.1, 0.15) is 0 Å². The first-order chi connectivity index (χ1) is 7.75. The van der Waals surface area contributed by atoms with Gasteiger partial charge in [0.05, 0.1) is 12.5 Å². The van der Waals surface area contributed by atoms with Gasteiger partial charge in [-0.3, -0.25) is 4.79 Å². The Bertz CT molecular complexity index is 238. The maximum atomic E-state index is 10.9. The molecule has 0 spiro atoms. The Balaban J connectivity index is 1.70. The van der Waals surface area contributed by atoms with Gasteiger partial charge in [-0.15, -0.1) is 0 Å². The van der Waals surface area contributed by atoms with E-state index in [-0.39, 0.29) is 5.92 Å². The predicted octanol–water partition coefficient (Wildman–Crippen LogP) is 1.26. The number of nitrogens with one attached hydrogen (secondary N) is 1. The van der Waals surface area contributed by atoms with Gasteiger partial charge in [0, 0.05) is 19.2 Å². The molecular formula is C12H21NO3. The second kappa shape index (κ2) is 5.64. The summed E-state index contributed by atoms with van der Waals surface area (Å²) in [4.78, 5) is 10.9. The molecule has 92 valence electrons. The van der Waals surface area contributed by atoms with Crippen LogP contribution < -0.4 is 5.32 Å². The van der Waals surface area contributed by atoms with Crippen LogP contribution in [0.15, 0.2) is 0 Å². The lowest BCUT2D eigenvalue weighted by molar-refractivity contribution is -0.143. The Morgan fingerprint density at radius 2 is 2.25 bits per heavy atom. The first kappa shape index (κ1) is 11.9. The largest absolute Gasteiger partial charge is 0.481 e. The van der Waals surface area contributed by atoms with Crippen LogP contribution in [0.5, 0.6) is 0 Å². The van der Waals surface area contributed by atoms with E-state index >= 15 is 0 Å². The van der Waals surface area contributed by atoms with E-state index in [1.807, 2.05) is 0 Å². The van der Waals surface area contributed by atoms with Crippen LogP contribution in [0.4, 0.5) is 0 Å². The topological polar surface area (TPSA) is 58.6 Å². The quantitative estimate of drug-likeness (QED) is 0.759. The molecule has 0 aromatic rings. The van der Waals surface area contributed by atoms with Crippen molar-refractivity contribution in [1.82, 2.24) is 5.32 Å². The fourth-order valence-corrected chi connectivity index (χ4v) is 2.68. The summed E-state index contributed by atoms with van der Waals surface area (Å²) in [5, 5.41) is 12.5. The Morgan fingerprint density at radius 3 is 2.94 bits per heavy atom. The lowest BCUT2D eigenvalue weighted by Crippen LogP contribution is -2.38. The average Bonchev–Trinajstić information content (AvgIpc) is 2.79. The molecule has 0 aromatic heterocycles. The standard InChI is InChI=1S/C12H21NO3/c14-12(15)10-2-1-3-11(6-10)13-7-9-4-5-16-8-9/h9-11,13H,1-8H2,(H,14,15). The summed E-state index contributed by atoms with van der Waals surface area (Å²) in [6, 6.07) is 0.399. The number of carbonyl (C=O) groups is 1. The van der Waals surface area contributed by atoms with Crippen molar-refractivity contribution >= 4 is 5.97 Å². The van der Waals surface area contributed by atoms with Gasteiger partial charge in [-0.1, -0.05) is 6.42 Å². The summed E-state index contributed by atoms with van der Waals surface area (Å²) >= 11 is 0. The SMILES string of the molecule is O=C(O)C1CCCC(NCC2CCOC2)C1. The number of carboxylic acids is 1. The maximum Gasteiger partial charge on any atom is 0.306 e. The Morgan fingerprint density at radius 1 is 1.38 bits per heavy atom. The fraction of sp³-hybridized carbons (Fsp3) is 0.917. The second-order valence-corrected chi connectivity index (χ2v) is 5.04. The summed E-state index contributed by atoms with van der Waals surface area (Å²) in [5.41, 5.74) is 0. The molecule has 0 aromatic carbocycles. The van der Waals surface area contributed by atoms with Crippen molar-refractivity contribution in [2.45, 2.75) is 38.1 Å². The zero-order chi connectivity index (χ0) is 11.4. The van der Waals surface area contributed by atoms with Gasteiger partial charge in [-0.05, 0) is 31.6 Å². The molecule has 1 saturated carbocycles. The normalized spacial score (nSPS) is 35.1. The molecule has 1 heterocycles. The Kier molecular flexibility index (Phi) is 4.18. The maximum absolute atomic E-state index is 10.9. The third-order valence-corrected chi connectivity index (χ3v) is 3.74. The zero-order valence-electron chi connectivity index (χ0n) is 9.65. The van der Waals surface area contributed by atoms with Crippen LogP contribution in [-0.2, 0) is 9.53 Å². The first-order valence-electron chi connectivity index (χ1n) is 6.29. The van der Waals surface area contributed by atoms with E-state index in [9.17, 15) is 4.79 Å². The highest BCUT2D eigenvalue weighted by atomic mass is 16.5.